The molecule has 0 unspecified atom stereocenters. The Hall–Kier alpha value is -3.12. The lowest BCUT2D eigenvalue weighted by Crippen LogP contribution is -3.13. The number of nitrogens with one attached hydrogen (secondary N) is 2. The highest BCUT2D eigenvalue weighted by Crippen LogP contribution is 2.27. The maximum absolute atomic E-state index is 12.6. The van der Waals surface area contributed by atoms with E-state index < -0.39 is 17.8 Å². The van der Waals surface area contributed by atoms with Crippen molar-refractivity contribution in [2.24, 2.45) is 11.8 Å². The summed E-state index contributed by atoms with van der Waals surface area (Å²) in [6.45, 7) is 5.23. The maximum Gasteiger partial charge on any atom is 0.228 e. The van der Waals surface area contributed by atoms with Gasteiger partial charge in [-0.15, -0.1) is 0 Å². The van der Waals surface area contributed by atoms with E-state index in [9.17, 15) is 14.7 Å². The van der Waals surface area contributed by atoms with E-state index in [0.29, 0.717) is 18.5 Å². The van der Waals surface area contributed by atoms with Crippen molar-refractivity contribution < 1.29 is 19.6 Å². The molecule has 0 spiro atoms. The molecule has 1 amide bonds. The summed E-state index contributed by atoms with van der Waals surface area (Å²) >= 11 is 0. The lowest BCUT2D eigenvalue weighted by molar-refractivity contribution is -0.914. The predicted octanol–water partition coefficient (Wildman–Crippen LogP) is 0.863. The summed E-state index contributed by atoms with van der Waals surface area (Å²) < 4.78 is 0. The standard InChI is InChI=1S/C25H29N3O3/c29-24(22-8-4-5-9-23(22)25(30)31)26-20-10-12-21(13-11-20)28-16-14-27(15-17-28)18-19-6-2-1-3-7-19/h1-7,10-13,22-23H,8-9,14-18H2,(H,26,29)(H,30,31)/t22-,23+/m1/s1. The average molecular weight is 420 g/mol. The number of hydrogen-bond acceptors (Lipinski definition) is 4. The first-order valence-electron chi connectivity index (χ1n) is 11.0. The number of anilines is 2. The molecule has 2 aromatic carbocycles. The summed E-state index contributed by atoms with van der Waals surface area (Å²) in [6.07, 6.45) is 4.45. The van der Waals surface area contributed by atoms with E-state index in [-0.39, 0.29) is 5.91 Å². The lowest BCUT2D eigenvalue weighted by atomic mass is 9.82. The molecule has 0 radical (unpaired) electrons. The van der Waals surface area contributed by atoms with Gasteiger partial charge < -0.3 is 25.0 Å². The SMILES string of the molecule is O=C([O-])[C@H]1CC=CC[C@H]1C(=O)Nc1ccc(N2CC[NH+](Cc3ccccc3)CC2)cc1. The van der Waals surface area contributed by atoms with Crippen molar-refractivity contribution in [2.75, 3.05) is 36.4 Å². The van der Waals surface area contributed by atoms with Crippen LogP contribution in [0.1, 0.15) is 18.4 Å². The molecule has 2 N–H and O–H groups in total. The van der Waals surface area contributed by atoms with Crippen LogP contribution in [0.2, 0.25) is 0 Å². The summed E-state index contributed by atoms with van der Waals surface area (Å²) in [5.41, 5.74) is 3.21. The van der Waals surface area contributed by atoms with Crippen LogP contribution in [-0.2, 0) is 16.1 Å². The minimum atomic E-state index is -1.16. The summed E-state index contributed by atoms with van der Waals surface area (Å²) in [7, 11) is 0. The third-order valence-corrected chi connectivity index (χ3v) is 6.34. The van der Waals surface area contributed by atoms with E-state index in [4.69, 9.17) is 0 Å². The van der Waals surface area contributed by atoms with Crippen LogP contribution in [0.25, 0.3) is 0 Å². The molecule has 2 atom stereocenters. The fourth-order valence-electron chi connectivity index (χ4n) is 4.50. The van der Waals surface area contributed by atoms with E-state index in [0.717, 1.165) is 38.4 Å². The van der Waals surface area contributed by atoms with E-state index >= 15 is 0 Å². The number of amides is 1. The number of aliphatic carboxylic acids is 1. The Kier molecular flexibility index (Phi) is 6.67. The highest BCUT2D eigenvalue weighted by Gasteiger charge is 2.30. The monoisotopic (exact) mass is 419 g/mol. The summed E-state index contributed by atoms with van der Waals surface area (Å²) in [4.78, 5) is 27.9. The number of allylic oxidation sites excluding steroid dienone is 2. The normalized spacial score (nSPS) is 21.6. The van der Waals surface area contributed by atoms with E-state index in [1.165, 1.54) is 5.56 Å². The number of benzene rings is 2. The van der Waals surface area contributed by atoms with Crippen molar-refractivity contribution in [1.29, 1.82) is 0 Å². The second-order valence-electron chi connectivity index (χ2n) is 8.41. The highest BCUT2D eigenvalue weighted by molar-refractivity contribution is 5.95. The first-order valence-corrected chi connectivity index (χ1v) is 11.0. The number of carbonyl (C=O) groups excluding carboxylic acids is 2. The van der Waals surface area contributed by atoms with Gasteiger partial charge in [0.05, 0.1) is 32.1 Å². The number of carboxylic acids is 1. The van der Waals surface area contributed by atoms with Crippen molar-refractivity contribution in [3.8, 4) is 0 Å². The summed E-state index contributed by atoms with van der Waals surface area (Å²) in [5, 5.41) is 14.2. The van der Waals surface area contributed by atoms with Crippen molar-refractivity contribution >= 4 is 23.3 Å². The highest BCUT2D eigenvalue weighted by atomic mass is 16.4. The van der Waals surface area contributed by atoms with Crippen LogP contribution < -0.4 is 20.2 Å². The number of quaternary nitrogens is 1. The van der Waals surface area contributed by atoms with Gasteiger partial charge >= 0.3 is 0 Å². The Labute approximate surface area is 183 Å². The Balaban J connectivity index is 1.30. The number of carbonyl (C=O) groups is 2. The van der Waals surface area contributed by atoms with Crippen LogP contribution in [0.4, 0.5) is 11.4 Å². The number of nitrogens with zero attached hydrogens (tertiary/aromatic N) is 1. The Morgan fingerprint density at radius 1 is 0.935 bits per heavy atom. The number of hydrogen-bond donors (Lipinski definition) is 2. The zero-order valence-electron chi connectivity index (χ0n) is 17.6. The molecule has 1 fully saturated rings. The topological polar surface area (TPSA) is 76.9 Å². The molecule has 1 saturated heterocycles. The lowest BCUT2D eigenvalue weighted by Gasteiger charge is -2.33. The largest absolute Gasteiger partial charge is 0.550 e. The van der Waals surface area contributed by atoms with Crippen molar-refractivity contribution in [1.82, 2.24) is 0 Å². The zero-order chi connectivity index (χ0) is 21.6. The van der Waals surface area contributed by atoms with E-state index in [2.05, 4.69) is 40.5 Å². The zero-order valence-corrected chi connectivity index (χ0v) is 17.6. The van der Waals surface area contributed by atoms with E-state index in [1.807, 2.05) is 30.3 Å². The number of rotatable bonds is 6. The van der Waals surface area contributed by atoms with Crippen molar-refractivity contribution in [2.45, 2.75) is 19.4 Å². The van der Waals surface area contributed by atoms with Gasteiger partial charge in [0, 0.05) is 28.8 Å². The van der Waals surface area contributed by atoms with E-state index in [1.54, 1.807) is 11.0 Å². The quantitative estimate of drug-likeness (QED) is 0.681. The molecule has 31 heavy (non-hydrogen) atoms. The third kappa shape index (κ3) is 5.33. The second kappa shape index (κ2) is 9.79. The summed E-state index contributed by atoms with van der Waals surface area (Å²) in [5.74, 6) is -2.77. The fraction of sp³-hybridized carbons (Fsp3) is 0.360. The van der Waals surface area contributed by atoms with Gasteiger partial charge in [-0.1, -0.05) is 42.5 Å². The van der Waals surface area contributed by atoms with Gasteiger partial charge in [-0.25, -0.2) is 0 Å². The second-order valence-corrected chi connectivity index (χ2v) is 8.41. The van der Waals surface area contributed by atoms with Gasteiger partial charge in [-0.05, 0) is 37.1 Å². The number of piperazine rings is 1. The third-order valence-electron chi connectivity index (χ3n) is 6.34. The smallest absolute Gasteiger partial charge is 0.228 e. The van der Waals surface area contributed by atoms with Crippen LogP contribution >= 0.6 is 0 Å². The first kappa shape index (κ1) is 21.1. The van der Waals surface area contributed by atoms with Gasteiger partial charge in [0.1, 0.15) is 6.54 Å². The molecule has 0 saturated carbocycles. The molecule has 2 aromatic rings. The van der Waals surface area contributed by atoms with Crippen LogP contribution in [0.3, 0.4) is 0 Å². The van der Waals surface area contributed by atoms with Gasteiger partial charge in [0.25, 0.3) is 0 Å². The molecular weight excluding hydrogens is 390 g/mol. The fourth-order valence-corrected chi connectivity index (χ4v) is 4.50. The van der Waals surface area contributed by atoms with Gasteiger partial charge in [0.2, 0.25) is 5.91 Å². The molecule has 1 aliphatic heterocycles. The van der Waals surface area contributed by atoms with Gasteiger partial charge in [-0.3, -0.25) is 4.79 Å². The first-order chi connectivity index (χ1) is 15.1. The maximum atomic E-state index is 12.6. The van der Waals surface area contributed by atoms with Crippen LogP contribution in [0, 0.1) is 11.8 Å². The van der Waals surface area contributed by atoms with Crippen molar-refractivity contribution in [3.05, 3.63) is 72.3 Å². The molecular formula is C25H29N3O3. The number of carboxylic acid groups (broad SMARTS) is 1. The molecule has 6 nitrogen and oxygen atoms in total. The molecule has 1 heterocycles. The summed E-state index contributed by atoms with van der Waals surface area (Å²) in [6, 6.07) is 18.4. The van der Waals surface area contributed by atoms with Gasteiger partial charge in [0.15, 0.2) is 0 Å². The Morgan fingerprint density at radius 3 is 2.23 bits per heavy atom. The molecule has 162 valence electrons. The van der Waals surface area contributed by atoms with Crippen LogP contribution in [0.5, 0.6) is 0 Å². The molecule has 1 aliphatic carbocycles. The molecule has 2 aliphatic rings. The molecule has 6 heteroatoms. The minimum Gasteiger partial charge on any atom is -0.550 e. The van der Waals surface area contributed by atoms with Crippen LogP contribution in [0.15, 0.2) is 66.7 Å². The van der Waals surface area contributed by atoms with Gasteiger partial charge in [-0.2, -0.15) is 0 Å². The molecule has 0 bridgehead atoms. The Bertz CT molecular complexity index is 919. The van der Waals surface area contributed by atoms with Crippen LogP contribution in [-0.4, -0.2) is 38.1 Å². The predicted molar refractivity (Wildman–Crippen MR) is 118 cm³/mol. The van der Waals surface area contributed by atoms with Crippen molar-refractivity contribution in [3.63, 3.8) is 0 Å². The molecule has 0 aromatic heterocycles. The Morgan fingerprint density at radius 2 is 1.58 bits per heavy atom. The minimum absolute atomic E-state index is 0.260. The average Bonchev–Trinajstić information content (AvgIpc) is 2.81. The molecule has 4 rings (SSSR count).